The van der Waals surface area contributed by atoms with Crippen molar-refractivity contribution in [3.63, 3.8) is 0 Å². The number of hydroxylamine groups is 2. The number of carbonyl (C=O) groups excluding carboxylic acids is 1. The van der Waals surface area contributed by atoms with E-state index in [1.807, 2.05) is 13.8 Å². The lowest BCUT2D eigenvalue weighted by Crippen LogP contribution is -2.45. The summed E-state index contributed by atoms with van der Waals surface area (Å²) in [5, 5.41) is 1.52. The Bertz CT molecular complexity index is 479. The minimum Gasteiger partial charge on any atom is -0.350 e. The van der Waals surface area contributed by atoms with Gasteiger partial charge in [0.15, 0.2) is 6.29 Å². The Morgan fingerprint density at radius 3 is 2.95 bits per heavy atom. The Hall–Kier alpha value is -0.780. The zero-order valence-corrected chi connectivity index (χ0v) is 12.4. The molecule has 1 amide bonds. The molecule has 2 unspecified atom stereocenters. The first-order valence-electron chi connectivity index (χ1n) is 6.74. The predicted octanol–water partition coefficient (Wildman–Crippen LogP) is 2.97. The second-order valence-corrected chi connectivity index (χ2v) is 7.02. The molecular formula is C14H19NO3S. The first-order chi connectivity index (χ1) is 9.02. The average Bonchev–Trinajstić information content (AvgIpc) is 2.78. The standard InChI is InChI=1S/C14H19NO3S/c1-9-8-11-10(2)13(16)15(14(11,3)19-9)18-12-6-4-5-7-17-12/h8,12H,4-7H2,1-3H3. The van der Waals surface area contributed by atoms with Crippen LogP contribution in [0.25, 0.3) is 0 Å². The number of carbonyl (C=O) groups is 1. The maximum atomic E-state index is 12.3. The second kappa shape index (κ2) is 4.65. The summed E-state index contributed by atoms with van der Waals surface area (Å²) in [5.41, 5.74) is 1.85. The summed E-state index contributed by atoms with van der Waals surface area (Å²) >= 11 is 1.67. The topological polar surface area (TPSA) is 38.8 Å². The normalized spacial score (nSPS) is 34.9. The van der Waals surface area contributed by atoms with Gasteiger partial charge >= 0.3 is 0 Å². The molecule has 3 aliphatic heterocycles. The lowest BCUT2D eigenvalue weighted by molar-refractivity contribution is -0.286. The molecule has 0 bridgehead atoms. The maximum Gasteiger partial charge on any atom is 0.275 e. The van der Waals surface area contributed by atoms with Crippen molar-refractivity contribution in [1.29, 1.82) is 0 Å². The monoisotopic (exact) mass is 281 g/mol. The molecule has 3 rings (SSSR count). The number of hydrogen-bond acceptors (Lipinski definition) is 4. The molecule has 104 valence electrons. The van der Waals surface area contributed by atoms with Crippen molar-refractivity contribution in [2.24, 2.45) is 0 Å². The third-order valence-corrected chi connectivity index (χ3v) is 5.09. The van der Waals surface area contributed by atoms with E-state index in [0.717, 1.165) is 30.4 Å². The van der Waals surface area contributed by atoms with E-state index in [1.165, 1.54) is 9.97 Å². The van der Waals surface area contributed by atoms with Crippen molar-refractivity contribution < 1.29 is 14.4 Å². The van der Waals surface area contributed by atoms with Crippen LogP contribution in [0.2, 0.25) is 0 Å². The summed E-state index contributed by atoms with van der Waals surface area (Å²) in [5.74, 6) is -0.0390. The largest absolute Gasteiger partial charge is 0.350 e. The third kappa shape index (κ3) is 2.04. The molecule has 1 saturated heterocycles. The van der Waals surface area contributed by atoms with Crippen LogP contribution in [0.3, 0.4) is 0 Å². The van der Waals surface area contributed by atoms with Crippen LogP contribution >= 0.6 is 11.8 Å². The van der Waals surface area contributed by atoms with E-state index in [-0.39, 0.29) is 12.2 Å². The molecule has 0 N–H and O–H groups in total. The van der Waals surface area contributed by atoms with Crippen molar-refractivity contribution in [3.05, 3.63) is 22.1 Å². The first-order valence-corrected chi connectivity index (χ1v) is 7.55. The van der Waals surface area contributed by atoms with E-state index in [4.69, 9.17) is 9.57 Å². The number of allylic oxidation sites excluding steroid dienone is 1. The van der Waals surface area contributed by atoms with Gasteiger partial charge in [0.2, 0.25) is 0 Å². The van der Waals surface area contributed by atoms with Gasteiger partial charge in [-0.2, -0.15) is 5.06 Å². The van der Waals surface area contributed by atoms with Crippen LogP contribution in [0.15, 0.2) is 22.1 Å². The Kier molecular flexibility index (Phi) is 3.23. The highest BCUT2D eigenvalue weighted by Crippen LogP contribution is 2.53. The van der Waals surface area contributed by atoms with E-state index in [9.17, 15) is 4.79 Å². The van der Waals surface area contributed by atoms with Crippen LogP contribution < -0.4 is 0 Å². The lowest BCUT2D eigenvalue weighted by atomic mass is 10.1. The molecule has 0 spiro atoms. The van der Waals surface area contributed by atoms with Gasteiger partial charge in [0, 0.05) is 18.6 Å². The molecule has 4 nitrogen and oxygen atoms in total. The molecule has 0 aromatic rings. The van der Waals surface area contributed by atoms with Gasteiger partial charge < -0.3 is 4.74 Å². The van der Waals surface area contributed by atoms with Crippen LogP contribution in [0.1, 0.15) is 40.0 Å². The van der Waals surface area contributed by atoms with Crippen molar-refractivity contribution in [2.75, 3.05) is 6.61 Å². The Labute approximate surface area is 117 Å². The van der Waals surface area contributed by atoms with E-state index in [0.29, 0.717) is 6.61 Å². The highest BCUT2D eigenvalue weighted by Gasteiger charge is 2.51. The number of fused-ring (bicyclic) bond motifs is 1. The zero-order chi connectivity index (χ0) is 13.6. The summed E-state index contributed by atoms with van der Waals surface area (Å²) in [6.07, 6.45) is 4.81. The molecule has 19 heavy (non-hydrogen) atoms. The number of amides is 1. The number of hydrogen-bond donors (Lipinski definition) is 0. The molecular weight excluding hydrogens is 262 g/mol. The Morgan fingerprint density at radius 2 is 2.26 bits per heavy atom. The predicted molar refractivity (Wildman–Crippen MR) is 74.0 cm³/mol. The van der Waals surface area contributed by atoms with Gasteiger partial charge in [-0.15, -0.1) is 0 Å². The number of thioether (sulfide) groups is 1. The number of rotatable bonds is 2. The molecule has 1 fully saturated rings. The lowest BCUT2D eigenvalue weighted by Gasteiger charge is -2.35. The summed E-state index contributed by atoms with van der Waals surface area (Å²) in [4.78, 5) is 19.0. The number of ether oxygens (including phenoxy) is 1. The summed E-state index contributed by atoms with van der Waals surface area (Å²) < 4.78 is 5.58. The second-order valence-electron chi connectivity index (χ2n) is 5.38. The van der Waals surface area contributed by atoms with Crippen LogP contribution in [-0.4, -0.2) is 28.7 Å². The van der Waals surface area contributed by atoms with Crippen LogP contribution in [-0.2, 0) is 14.4 Å². The average molecular weight is 281 g/mol. The molecule has 3 heterocycles. The Morgan fingerprint density at radius 1 is 1.47 bits per heavy atom. The molecule has 0 aromatic heterocycles. The van der Waals surface area contributed by atoms with E-state index >= 15 is 0 Å². The fourth-order valence-electron chi connectivity index (χ4n) is 2.86. The molecule has 0 radical (unpaired) electrons. The molecule has 2 atom stereocenters. The van der Waals surface area contributed by atoms with E-state index in [2.05, 4.69) is 13.0 Å². The van der Waals surface area contributed by atoms with Crippen molar-refractivity contribution in [1.82, 2.24) is 5.06 Å². The van der Waals surface area contributed by atoms with E-state index in [1.54, 1.807) is 11.8 Å². The minimum atomic E-state index is -0.425. The molecule has 0 aromatic carbocycles. The van der Waals surface area contributed by atoms with Gasteiger partial charge in [-0.25, -0.2) is 4.84 Å². The smallest absolute Gasteiger partial charge is 0.275 e. The zero-order valence-electron chi connectivity index (χ0n) is 11.6. The van der Waals surface area contributed by atoms with Crippen LogP contribution in [0.4, 0.5) is 0 Å². The molecule has 5 heteroatoms. The van der Waals surface area contributed by atoms with Gasteiger partial charge in [0.25, 0.3) is 5.91 Å². The summed E-state index contributed by atoms with van der Waals surface area (Å²) in [7, 11) is 0. The minimum absolute atomic E-state index is 0.0390. The van der Waals surface area contributed by atoms with Crippen molar-refractivity contribution >= 4 is 17.7 Å². The van der Waals surface area contributed by atoms with Gasteiger partial charge in [0.1, 0.15) is 4.87 Å². The van der Waals surface area contributed by atoms with Gasteiger partial charge in [-0.3, -0.25) is 4.79 Å². The molecule has 0 aliphatic carbocycles. The summed E-state index contributed by atoms with van der Waals surface area (Å²) in [6, 6.07) is 0. The van der Waals surface area contributed by atoms with Crippen molar-refractivity contribution in [3.8, 4) is 0 Å². The fourth-order valence-corrected chi connectivity index (χ4v) is 4.20. The fraction of sp³-hybridized carbons (Fsp3) is 0.643. The van der Waals surface area contributed by atoms with Gasteiger partial charge in [-0.1, -0.05) is 11.8 Å². The van der Waals surface area contributed by atoms with E-state index < -0.39 is 4.87 Å². The molecule has 3 aliphatic rings. The third-order valence-electron chi connectivity index (χ3n) is 3.86. The van der Waals surface area contributed by atoms with Crippen molar-refractivity contribution in [2.45, 2.75) is 51.2 Å². The molecule has 0 saturated carbocycles. The van der Waals surface area contributed by atoms with Gasteiger partial charge in [0.05, 0.1) is 0 Å². The highest BCUT2D eigenvalue weighted by atomic mass is 32.2. The highest BCUT2D eigenvalue weighted by molar-refractivity contribution is 8.04. The summed E-state index contributed by atoms with van der Waals surface area (Å²) in [6.45, 7) is 6.69. The maximum absolute atomic E-state index is 12.3. The first kappa shape index (κ1) is 13.2. The quantitative estimate of drug-likeness (QED) is 0.780. The Balaban J connectivity index is 1.82. The number of nitrogens with zero attached hydrogens (tertiary/aromatic N) is 1. The van der Waals surface area contributed by atoms with Crippen LogP contribution in [0, 0.1) is 0 Å². The SMILES string of the molecule is CC1=CC2=C(C)C(=O)N(OC3CCCCO3)C2(C)S1. The van der Waals surface area contributed by atoms with Gasteiger partial charge in [-0.05, 0) is 50.2 Å². The van der Waals surface area contributed by atoms with Crippen LogP contribution in [0.5, 0.6) is 0 Å².